The quantitative estimate of drug-likeness (QED) is 0.658. The molecule has 18 heavy (non-hydrogen) atoms. The van der Waals surface area contributed by atoms with Crippen LogP contribution >= 0.6 is 0 Å². The lowest BCUT2D eigenvalue weighted by Gasteiger charge is -2.08. The minimum Gasteiger partial charge on any atom is -0.383 e. The molecule has 2 amide bonds. The molecule has 0 unspecified atom stereocenters. The standard InChI is InChI=1S/C11H19N5O2/c1-7(2)4-13-9(17)6-14-11(18)8-5-15-16(3)10(8)12/h5,7H,4,6,12H2,1-3H3,(H,13,17)(H,14,18). The van der Waals surface area contributed by atoms with Crippen molar-refractivity contribution in [3.63, 3.8) is 0 Å². The molecule has 7 heteroatoms. The minimum absolute atomic E-state index is 0.0696. The van der Waals surface area contributed by atoms with E-state index in [0.717, 1.165) is 0 Å². The number of rotatable bonds is 5. The monoisotopic (exact) mass is 253 g/mol. The highest BCUT2D eigenvalue weighted by Crippen LogP contribution is 2.08. The predicted molar refractivity (Wildman–Crippen MR) is 67.8 cm³/mol. The third kappa shape index (κ3) is 3.76. The Morgan fingerprint density at radius 3 is 2.61 bits per heavy atom. The van der Waals surface area contributed by atoms with E-state index in [2.05, 4.69) is 15.7 Å². The van der Waals surface area contributed by atoms with Crippen LogP contribution in [0, 0.1) is 5.92 Å². The smallest absolute Gasteiger partial charge is 0.257 e. The van der Waals surface area contributed by atoms with Crippen molar-refractivity contribution in [3.8, 4) is 0 Å². The number of aryl methyl sites for hydroxylation is 1. The number of nitrogens with zero attached hydrogens (tertiary/aromatic N) is 2. The topological polar surface area (TPSA) is 102 Å². The van der Waals surface area contributed by atoms with Crippen LogP contribution in [0.1, 0.15) is 24.2 Å². The Bertz CT molecular complexity index is 439. The van der Waals surface area contributed by atoms with E-state index in [4.69, 9.17) is 5.73 Å². The number of nitrogens with two attached hydrogens (primary N) is 1. The average molecular weight is 253 g/mol. The average Bonchev–Trinajstić information content (AvgIpc) is 2.64. The molecule has 1 aromatic rings. The lowest BCUT2D eigenvalue weighted by Crippen LogP contribution is -2.38. The molecule has 4 N–H and O–H groups in total. The number of hydrogen-bond donors (Lipinski definition) is 3. The number of hydrogen-bond acceptors (Lipinski definition) is 4. The van der Waals surface area contributed by atoms with Gasteiger partial charge in [-0.1, -0.05) is 13.8 Å². The van der Waals surface area contributed by atoms with Crippen LogP contribution in [0.4, 0.5) is 5.82 Å². The van der Waals surface area contributed by atoms with E-state index in [1.807, 2.05) is 13.8 Å². The predicted octanol–water partition coefficient (Wildman–Crippen LogP) is -0.496. The lowest BCUT2D eigenvalue weighted by molar-refractivity contribution is -0.120. The fourth-order valence-corrected chi connectivity index (χ4v) is 1.26. The van der Waals surface area contributed by atoms with Crippen molar-refractivity contribution < 1.29 is 9.59 Å². The van der Waals surface area contributed by atoms with Crippen LogP contribution < -0.4 is 16.4 Å². The highest BCUT2D eigenvalue weighted by molar-refractivity contribution is 5.99. The van der Waals surface area contributed by atoms with Gasteiger partial charge in [-0.15, -0.1) is 0 Å². The first-order valence-electron chi connectivity index (χ1n) is 5.74. The summed E-state index contributed by atoms with van der Waals surface area (Å²) in [5.74, 6) is 0.0218. The Kier molecular flexibility index (Phi) is 4.70. The van der Waals surface area contributed by atoms with E-state index >= 15 is 0 Å². The van der Waals surface area contributed by atoms with Crippen molar-refractivity contribution in [3.05, 3.63) is 11.8 Å². The Balaban J connectivity index is 2.42. The molecule has 0 bridgehead atoms. The number of anilines is 1. The molecule has 1 rings (SSSR count). The van der Waals surface area contributed by atoms with Crippen molar-refractivity contribution in [2.24, 2.45) is 13.0 Å². The van der Waals surface area contributed by atoms with Crippen molar-refractivity contribution in [2.75, 3.05) is 18.8 Å². The van der Waals surface area contributed by atoms with Crippen molar-refractivity contribution in [1.29, 1.82) is 0 Å². The summed E-state index contributed by atoms with van der Waals surface area (Å²) in [6, 6.07) is 0. The zero-order valence-electron chi connectivity index (χ0n) is 10.9. The van der Waals surface area contributed by atoms with E-state index in [-0.39, 0.29) is 23.8 Å². The van der Waals surface area contributed by atoms with Gasteiger partial charge in [-0.2, -0.15) is 5.10 Å². The van der Waals surface area contributed by atoms with Gasteiger partial charge in [0, 0.05) is 13.6 Å². The first-order valence-corrected chi connectivity index (χ1v) is 5.74. The van der Waals surface area contributed by atoms with E-state index < -0.39 is 5.91 Å². The number of aromatic nitrogens is 2. The van der Waals surface area contributed by atoms with Gasteiger partial charge in [0.05, 0.1) is 12.7 Å². The molecule has 0 fully saturated rings. The molecule has 0 radical (unpaired) electrons. The molecular weight excluding hydrogens is 234 g/mol. The van der Waals surface area contributed by atoms with Gasteiger partial charge in [0.15, 0.2) is 0 Å². The molecule has 0 aliphatic heterocycles. The summed E-state index contributed by atoms with van der Waals surface area (Å²) >= 11 is 0. The molecular formula is C11H19N5O2. The Morgan fingerprint density at radius 1 is 1.44 bits per heavy atom. The molecule has 0 spiro atoms. The van der Waals surface area contributed by atoms with E-state index in [1.165, 1.54) is 10.9 Å². The van der Waals surface area contributed by atoms with Crippen LogP contribution in [0.3, 0.4) is 0 Å². The first kappa shape index (κ1) is 14.0. The molecule has 0 aliphatic carbocycles. The molecule has 0 saturated carbocycles. The lowest BCUT2D eigenvalue weighted by atomic mass is 10.2. The zero-order valence-corrected chi connectivity index (χ0v) is 10.9. The summed E-state index contributed by atoms with van der Waals surface area (Å²) in [5.41, 5.74) is 5.92. The molecule has 1 heterocycles. The molecule has 0 aromatic carbocycles. The molecule has 0 saturated heterocycles. The summed E-state index contributed by atoms with van der Waals surface area (Å²) < 4.78 is 1.40. The van der Waals surface area contributed by atoms with Gasteiger partial charge in [0.25, 0.3) is 5.91 Å². The minimum atomic E-state index is -0.403. The number of carbonyl (C=O) groups excluding carboxylic acids is 2. The summed E-state index contributed by atoms with van der Waals surface area (Å²) in [6.07, 6.45) is 1.37. The summed E-state index contributed by atoms with van der Waals surface area (Å²) in [6.45, 7) is 4.51. The maximum absolute atomic E-state index is 11.7. The van der Waals surface area contributed by atoms with Gasteiger partial charge < -0.3 is 16.4 Å². The van der Waals surface area contributed by atoms with Gasteiger partial charge in [-0.3, -0.25) is 14.3 Å². The molecule has 1 aromatic heterocycles. The number of nitrogens with one attached hydrogen (secondary N) is 2. The van der Waals surface area contributed by atoms with E-state index in [9.17, 15) is 9.59 Å². The van der Waals surface area contributed by atoms with Crippen LogP contribution in [-0.2, 0) is 11.8 Å². The van der Waals surface area contributed by atoms with Gasteiger partial charge in [0.2, 0.25) is 5.91 Å². The van der Waals surface area contributed by atoms with E-state index in [0.29, 0.717) is 12.5 Å². The maximum Gasteiger partial charge on any atom is 0.257 e. The number of nitrogen functional groups attached to an aromatic ring is 1. The number of carbonyl (C=O) groups is 2. The highest BCUT2D eigenvalue weighted by Gasteiger charge is 2.14. The summed E-state index contributed by atoms with van der Waals surface area (Å²) in [5, 5.41) is 9.05. The second kappa shape index (κ2) is 6.04. The van der Waals surface area contributed by atoms with Crippen LogP contribution in [0.2, 0.25) is 0 Å². The molecule has 0 aliphatic rings. The van der Waals surface area contributed by atoms with Crippen LogP contribution in [0.5, 0.6) is 0 Å². The van der Waals surface area contributed by atoms with Crippen LogP contribution in [0.25, 0.3) is 0 Å². The Labute approximate surface area is 106 Å². The van der Waals surface area contributed by atoms with Gasteiger partial charge in [-0.25, -0.2) is 0 Å². The van der Waals surface area contributed by atoms with Crippen molar-refractivity contribution in [1.82, 2.24) is 20.4 Å². The molecule has 0 atom stereocenters. The van der Waals surface area contributed by atoms with E-state index in [1.54, 1.807) is 7.05 Å². The zero-order chi connectivity index (χ0) is 13.7. The van der Waals surface area contributed by atoms with Crippen molar-refractivity contribution >= 4 is 17.6 Å². The van der Waals surface area contributed by atoms with Gasteiger partial charge in [0.1, 0.15) is 11.4 Å². The SMILES string of the molecule is CC(C)CNC(=O)CNC(=O)c1cnn(C)c1N. The molecule has 7 nitrogen and oxygen atoms in total. The van der Waals surface area contributed by atoms with Gasteiger partial charge >= 0.3 is 0 Å². The third-order valence-corrected chi connectivity index (χ3v) is 2.35. The normalized spacial score (nSPS) is 10.4. The Hall–Kier alpha value is -2.05. The fourth-order valence-electron chi connectivity index (χ4n) is 1.26. The summed E-state index contributed by atoms with van der Waals surface area (Å²) in [7, 11) is 1.64. The summed E-state index contributed by atoms with van der Waals surface area (Å²) in [4.78, 5) is 23.1. The van der Waals surface area contributed by atoms with Crippen LogP contribution in [0.15, 0.2) is 6.20 Å². The second-order valence-corrected chi connectivity index (χ2v) is 4.45. The first-order chi connectivity index (χ1) is 8.41. The largest absolute Gasteiger partial charge is 0.383 e. The van der Waals surface area contributed by atoms with Crippen LogP contribution in [-0.4, -0.2) is 34.7 Å². The Morgan fingerprint density at radius 2 is 2.11 bits per heavy atom. The third-order valence-electron chi connectivity index (χ3n) is 2.35. The number of amides is 2. The van der Waals surface area contributed by atoms with Gasteiger partial charge in [-0.05, 0) is 5.92 Å². The van der Waals surface area contributed by atoms with Crippen molar-refractivity contribution in [2.45, 2.75) is 13.8 Å². The maximum atomic E-state index is 11.7. The molecule has 100 valence electrons. The highest BCUT2D eigenvalue weighted by atomic mass is 16.2. The fraction of sp³-hybridized carbons (Fsp3) is 0.545. The second-order valence-electron chi connectivity index (χ2n) is 4.45.